The van der Waals surface area contributed by atoms with Gasteiger partial charge >= 0.3 is 0 Å². The van der Waals surface area contributed by atoms with Crippen LogP contribution in [0, 0.1) is 0 Å². The van der Waals surface area contributed by atoms with Gasteiger partial charge in [0, 0.05) is 26.5 Å². The maximum absolute atomic E-state index is 13.5. The summed E-state index contributed by atoms with van der Waals surface area (Å²) in [4.78, 5) is 0. The van der Waals surface area contributed by atoms with Crippen LogP contribution >= 0.6 is 11.3 Å². The van der Waals surface area contributed by atoms with Gasteiger partial charge in [-0.25, -0.2) is 4.21 Å². The lowest BCUT2D eigenvalue weighted by Crippen LogP contribution is -2.33. The Morgan fingerprint density at radius 1 is 0.952 bits per heavy atom. The maximum Gasteiger partial charge on any atom is 0.103 e. The molecule has 2 rings (SSSR count). The Bertz CT molecular complexity index is 1370. The fourth-order valence-corrected chi connectivity index (χ4v) is 10.1. The minimum Gasteiger partial charge on any atom is -0.313 e. The first-order valence-electron chi connectivity index (χ1n) is 15.1. The minimum absolute atomic E-state index is 0.0364. The zero-order valence-electron chi connectivity index (χ0n) is 25.9. The number of allylic oxidation sites excluding steroid dienone is 13. The van der Waals surface area contributed by atoms with Crippen LogP contribution in [0.2, 0.25) is 0 Å². The molecule has 2 unspecified atom stereocenters. The molecule has 0 saturated heterocycles. The summed E-state index contributed by atoms with van der Waals surface area (Å²) in [7, 11) is -5.23. The molecule has 7 heteroatoms. The zero-order valence-corrected chi connectivity index (χ0v) is 28.3. The molecule has 0 saturated carbocycles. The highest BCUT2D eigenvalue weighted by Crippen LogP contribution is 2.42. The van der Waals surface area contributed by atoms with Gasteiger partial charge in [0.2, 0.25) is 0 Å². The van der Waals surface area contributed by atoms with Gasteiger partial charge in [0.1, 0.15) is 4.21 Å². The smallest absolute Gasteiger partial charge is 0.103 e. The highest BCUT2D eigenvalue weighted by Gasteiger charge is 2.35. The van der Waals surface area contributed by atoms with E-state index < -0.39 is 19.2 Å². The molecule has 0 spiro atoms. The summed E-state index contributed by atoms with van der Waals surface area (Å²) in [6.07, 6.45) is 34.4. The summed E-state index contributed by atoms with van der Waals surface area (Å²) in [5.74, 6) is 8.04. The van der Waals surface area contributed by atoms with Crippen LogP contribution in [-0.2, 0) is 19.2 Å². The molecule has 0 bridgehead atoms. The predicted octanol–water partition coefficient (Wildman–Crippen LogP) is 8.84. The van der Waals surface area contributed by atoms with E-state index in [1.54, 1.807) is 0 Å². The Morgan fingerprint density at radius 3 is 1.95 bits per heavy atom. The molecule has 4 nitrogen and oxygen atoms in total. The second-order valence-corrected chi connectivity index (χ2v) is 16.8. The molecule has 0 amide bonds. The molecule has 1 aromatic heterocycles. The fraction of sp³-hybridized carbons (Fsp3) is 0.429. The highest BCUT2D eigenvalue weighted by molar-refractivity contribution is 8.04. The van der Waals surface area contributed by atoms with Crippen LogP contribution in [0.4, 0.5) is 0 Å². The summed E-state index contributed by atoms with van der Waals surface area (Å²) in [6.45, 7) is 11.1. The largest absolute Gasteiger partial charge is 0.313 e. The number of rotatable bonds is 19. The maximum atomic E-state index is 13.5. The molecule has 4 atom stereocenters. The van der Waals surface area contributed by atoms with E-state index in [9.17, 15) is 8.42 Å². The molecule has 1 aliphatic heterocycles. The third-order valence-corrected chi connectivity index (χ3v) is 13.5. The van der Waals surface area contributed by atoms with E-state index in [-0.39, 0.29) is 11.3 Å². The predicted molar refractivity (Wildman–Crippen MR) is 192 cm³/mol. The molecule has 0 aromatic carbocycles. The Hall–Kier alpha value is -2.32. The SMILES string of the molecule is C=C(CC/C=C\C/C=C\C/C=C\C/C=C\C/C=C\C/C=C\CC)NS(=C)(=O)c1cc2c(s1)S(=C)(=O)[C@@H](C)C[C@@H]2NCC. The van der Waals surface area contributed by atoms with Gasteiger partial charge in [-0.15, -0.1) is 11.3 Å². The van der Waals surface area contributed by atoms with Gasteiger partial charge in [-0.05, 0) is 87.7 Å². The third-order valence-electron chi connectivity index (χ3n) is 6.90. The van der Waals surface area contributed by atoms with E-state index in [1.165, 1.54) is 11.3 Å². The van der Waals surface area contributed by atoms with Crippen molar-refractivity contribution in [3.63, 3.8) is 0 Å². The van der Waals surface area contributed by atoms with Crippen LogP contribution in [0.5, 0.6) is 0 Å². The first-order valence-corrected chi connectivity index (χ1v) is 19.4. The molecule has 0 fully saturated rings. The molecule has 2 N–H and O–H groups in total. The number of thiophene rings is 1. The van der Waals surface area contributed by atoms with E-state index in [0.29, 0.717) is 16.3 Å². The van der Waals surface area contributed by atoms with Crippen LogP contribution in [-0.4, -0.2) is 32.0 Å². The van der Waals surface area contributed by atoms with Gasteiger partial charge < -0.3 is 10.0 Å². The van der Waals surface area contributed by atoms with Crippen molar-refractivity contribution >= 4 is 42.3 Å². The lowest BCUT2D eigenvalue weighted by molar-refractivity contribution is 0.493. The van der Waals surface area contributed by atoms with Crippen molar-refractivity contribution in [3.8, 4) is 0 Å². The molecular weight excluding hydrogens is 577 g/mol. The van der Waals surface area contributed by atoms with Crippen molar-refractivity contribution in [3.05, 3.63) is 96.8 Å². The Morgan fingerprint density at radius 2 is 1.45 bits per heavy atom. The minimum atomic E-state index is -2.80. The van der Waals surface area contributed by atoms with Gasteiger partial charge in [-0.2, -0.15) is 0 Å². The van der Waals surface area contributed by atoms with E-state index >= 15 is 0 Å². The fourth-order valence-electron chi connectivity index (χ4n) is 4.51. The van der Waals surface area contributed by atoms with Crippen molar-refractivity contribution in [1.82, 2.24) is 10.0 Å². The Balaban J connectivity index is 1.69. The van der Waals surface area contributed by atoms with Gasteiger partial charge in [-0.1, -0.05) is 100 Å². The van der Waals surface area contributed by atoms with Crippen molar-refractivity contribution in [1.29, 1.82) is 0 Å². The molecule has 1 aromatic rings. The van der Waals surface area contributed by atoms with Gasteiger partial charge in [0.15, 0.2) is 0 Å². The Labute approximate surface area is 261 Å². The zero-order chi connectivity index (χ0) is 30.8. The van der Waals surface area contributed by atoms with E-state index in [0.717, 1.165) is 67.7 Å². The monoisotopic (exact) mass is 628 g/mol. The van der Waals surface area contributed by atoms with Gasteiger partial charge in [0.05, 0.1) is 13.9 Å². The van der Waals surface area contributed by atoms with Crippen molar-refractivity contribution in [2.75, 3.05) is 6.54 Å². The first kappa shape index (κ1) is 35.9. The molecule has 2 heterocycles. The second-order valence-electron chi connectivity index (χ2n) is 10.5. The van der Waals surface area contributed by atoms with Crippen LogP contribution < -0.4 is 10.0 Å². The summed E-state index contributed by atoms with van der Waals surface area (Å²) >= 11 is 1.32. The molecule has 0 radical (unpaired) electrons. The van der Waals surface area contributed by atoms with Crippen LogP contribution in [0.25, 0.3) is 0 Å². The summed E-state index contributed by atoms with van der Waals surface area (Å²) in [6, 6.07) is 2.00. The molecule has 232 valence electrons. The number of hydrogen-bond acceptors (Lipinski definition) is 4. The van der Waals surface area contributed by atoms with Gasteiger partial charge in [-0.3, -0.25) is 4.21 Å². The van der Waals surface area contributed by atoms with Crippen LogP contribution in [0.1, 0.15) is 90.2 Å². The number of nitrogens with one attached hydrogen (secondary N) is 2. The molecule has 1 aliphatic rings. The molecule has 0 aliphatic carbocycles. The normalized spacial score (nSPS) is 22.7. The standard InChI is InChI=1S/C35H52N2O2S3/c1-7-9-10-11-12-13-14-15-16-17-18-19-20-21-22-23-24-25-26-27-30(3)37-42(6,39)34-29-32-33(36-8-2)28-31(4)41(5,38)35(32)40-34/h9-10,12-13,15-16,18-19,21-22,24-25,29,31,33,36H,3,5-8,11,14,17,20,23,26-28H2,1-2,4H3,(H,37,39)/b10-9-,13-12-,16-15-,19-18-,22-21-,25-24-/t31-,33-,41?,42?/m0/s1. The third kappa shape index (κ3) is 12.1. The number of hydrogen-bond donors (Lipinski definition) is 2. The van der Waals surface area contributed by atoms with Crippen LogP contribution in [0.3, 0.4) is 0 Å². The summed E-state index contributed by atoms with van der Waals surface area (Å²) in [5.41, 5.74) is 1.64. The van der Waals surface area contributed by atoms with E-state index in [1.807, 2.05) is 13.0 Å². The molecular formula is C35H52N2O2S3. The summed E-state index contributed by atoms with van der Waals surface area (Å²) < 4.78 is 31.3. The van der Waals surface area contributed by atoms with Crippen molar-refractivity contribution in [2.45, 2.75) is 98.3 Å². The Kier molecular flexibility index (Phi) is 16.3. The number of fused-ring (bicyclic) bond motifs is 1. The second kappa shape index (κ2) is 19.1. The average molecular weight is 629 g/mol. The first-order chi connectivity index (χ1) is 20.1. The van der Waals surface area contributed by atoms with Gasteiger partial charge in [0.25, 0.3) is 0 Å². The topological polar surface area (TPSA) is 58.2 Å². The average Bonchev–Trinajstić information content (AvgIpc) is 3.41. The van der Waals surface area contributed by atoms with Crippen LogP contribution in [0.15, 0.2) is 99.7 Å². The van der Waals surface area contributed by atoms with Crippen molar-refractivity contribution < 1.29 is 8.42 Å². The lowest BCUT2D eigenvalue weighted by atomic mass is 10.1. The highest BCUT2D eigenvalue weighted by atomic mass is 32.3. The van der Waals surface area contributed by atoms with E-state index in [2.05, 4.69) is 115 Å². The quantitative estimate of drug-likeness (QED) is 0.119. The summed E-state index contributed by atoms with van der Waals surface area (Å²) in [5, 5.41) is 3.44. The lowest BCUT2D eigenvalue weighted by Gasteiger charge is -2.30. The molecule has 42 heavy (non-hydrogen) atoms. The van der Waals surface area contributed by atoms with Crippen molar-refractivity contribution in [2.24, 2.45) is 0 Å². The van der Waals surface area contributed by atoms with E-state index in [4.69, 9.17) is 0 Å².